The van der Waals surface area contributed by atoms with Gasteiger partial charge < -0.3 is 9.47 Å². The minimum Gasteiger partial charge on any atom is -0.457 e. The predicted octanol–water partition coefficient (Wildman–Crippen LogP) is 3.05. The lowest BCUT2D eigenvalue weighted by atomic mass is 9.50. The van der Waals surface area contributed by atoms with Crippen molar-refractivity contribution in [3.63, 3.8) is 0 Å². The summed E-state index contributed by atoms with van der Waals surface area (Å²) in [4.78, 5) is 22.2. The number of halogens is 1. The van der Waals surface area contributed by atoms with Crippen LogP contribution in [0.1, 0.15) is 39.0 Å². The molecule has 4 bridgehead atoms. The lowest BCUT2D eigenvalue weighted by molar-refractivity contribution is -0.207. The van der Waals surface area contributed by atoms with Crippen LogP contribution in [0.4, 0.5) is 0 Å². The maximum Gasteiger partial charge on any atom is 0.332 e. The predicted molar refractivity (Wildman–Crippen MR) is 84.0 cm³/mol. The number of carbonyl (C=O) groups excluding carboxylic acids is 1. The summed E-state index contributed by atoms with van der Waals surface area (Å²) in [5.41, 5.74) is -0.319. The minimum absolute atomic E-state index is 0.00706. The molecule has 0 spiro atoms. The van der Waals surface area contributed by atoms with E-state index in [2.05, 4.69) is 12.2 Å². The zero-order valence-electron chi connectivity index (χ0n) is 12.2. The maximum absolute atomic E-state index is 12.0. The Morgan fingerprint density at radius 1 is 1.24 bits per heavy atom. The molecule has 4 rings (SSSR count). The molecule has 0 heterocycles. The highest BCUT2D eigenvalue weighted by atomic mass is 127. The quantitative estimate of drug-likeness (QED) is 0.169. The van der Waals surface area contributed by atoms with Crippen molar-refractivity contribution in [1.29, 1.82) is 0 Å². The summed E-state index contributed by atoms with van der Waals surface area (Å²) >= 11 is 1.72. The smallest absolute Gasteiger partial charge is 0.332 e. The number of esters is 1. The largest absolute Gasteiger partial charge is 0.457 e. The number of hydrogen-bond donors (Lipinski definition) is 0. The molecule has 118 valence electrons. The van der Waals surface area contributed by atoms with Crippen molar-refractivity contribution in [2.45, 2.75) is 44.6 Å². The second-order valence-electron chi connectivity index (χ2n) is 6.86. The molecule has 0 radical (unpaired) electrons. The number of carbonyl (C=O) groups is 1. The molecule has 0 N–H and O–H groups in total. The Balaban J connectivity index is 1.54. The first-order valence-electron chi connectivity index (χ1n) is 7.57. The van der Waals surface area contributed by atoms with Crippen molar-refractivity contribution in [3.8, 4) is 0 Å². The van der Waals surface area contributed by atoms with Gasteiger partial charge in [-0.25, -0.2) is 4.79 Å². The lowest BCUT2D eigenvalue weighted by Gasteiger charge is -2.59. The molecular formula is C14H21IN2O4. The Hall–Kier alpha value is -0.440. The van der Waals surface area contributed by atoms with E-state index >= 15 is 0 Å². The third-order valence-corrected chi connectivity index (χ3v) is 6.05. The topological polar surface area (TPSA) is 68.2 Å². The van der Waals surface area contributed by atoms with Gasteiger partial charge in [-0.05, 0) is 62.7 Å². The zero-order valence-corrected chi connectivity index (χ0v) is 14.3. The van der Waals surface area contributed by atoms with Gasteiger partial charge in [0.05, 0.1) is 28.2 Å². The van der Waals surface area contributed by atoms with Gasteiger partial charge in [0, 0.05) is 0 Å². The van der Waals surface area contributed by atoms with Crippen LogP contribution in [0.2, 0.25) is 0 Å². The van der Waals surface area contributed by atoms with Gasteiger partial charge in [-0.15, -0.1) is 4.91 Å². The second kappa shape index (κ2) is 5.98. The Labute approximate surface area is 138 Å². The van der Waals surface area contributed by atoms with Gasteiger partial charge in [-0.1, -0.05) is 0 Å². The summed E-state index contributed by atoms with van der Waals surface area (Å²) in [6.45, 7) is 1.97. The van der Waals surface area contributed by atoms with E-state index in [0.717, 1.165) is 15.1 Å². The Bertz CT molecular complexity index is 403. The molecule has 7 heteroatoms. The van der Waals surface area contributed by atoms with E-state index in [4.69, 9.17) is 9.47 Å². The standard InChI is InChI=1S/C14H21IN2O4/c1-14(21-13(18)7-20-8-17(15)16-19)11-3-9-2-10(5-11)6-12(14)4-9/h9-12H,2-8H2,1H3. The van der Waals surface area contributed by atoms with Crippen LogP contribution in [-0.4, -0.2) is 28.1 Å². The molecule has 4 aliphatic rings. The van der Waals surface area contributed by atoms with Gasteiger partial charge in [-0.3, -0.25) is 0 Å². The highest BCUT2D eigenvalue weighted by Crippen LogP contribution is 2.59. The van der Waals surface area contributed by atoms with Crippen molar-refractivity contribution in [2.24, 2.45) is 29.0 Å². The molecule has 0 saturated heterocycles. The Kier molecular flexibility index (Phi) is 4.40. The summed E-state index contributed by atoms with van der Waals surface area (Å²) in [7, 11) is 0. The van der Waals surface area contributed by atoms with Gasteiger partial charge in [0.15, 0.2) is 0 Å². The fourth-order valence-corrected chi connectivity index (χ4v) is 4.99. The lowest BCUT2D eigenvalue weighted by Crippen LogP contribution is -2.58. The molecule has 0 unspecified atom stereocenters. The minimum atomic E-state index is -0.333. The first-order chi connectivity index (χ1) is 10.0. The van der Waals surface area contributed by atoms with E-state index in [1.165, 1.54) is 32.1 Å². The summed E-state index contributed by atoms with van der Waals surface area (Å²) in [6.07, 6.45) is 6.19. The number of ether oxygens (including phenoxy) is 2. The monoisotopic (exact) mass is 408 g/mol. The van der Waals surface area contributed by atoms with Gasteiger partial charge in [0.25, 0.3) is 0 Å². The molecule has 0 aromatic carbocycles. The van der Waals surface area contributed by atoms with Crippen LogP contribution in [0.3, 0.4) is 0 Å². The molecule has 21 heavy (non-hydrogen) atoms. The van der Waals surface area contributed by atoms with Gasteiger partial charge in [-0.2, -0.15) is 3.22 Å². The molecule has 0 amide bonds. The van der Waals surface area contributed by atoms with Crippen molar-refractivity contribution >= 4 is 28.8 Å². The highest BCUT2D eigenvalue weighted by molar-refractivity contribution is 14.1. The van der Waals surface area contributed by atoms with E-state index < -0.39 is 0 Å². The zero-order chi connectivity index (χ0) is 15.0. The number of hydrogen-bond acceptors (Lipinski definition) is 5. The fraction of sp³-hybridized carbons (Fsp3) is 0.929. The van der Waals surface area contributed by atoms with Crippen LogP contribution in [0.25, 0.3) is 0 Å². The van der Waals surface area contributed by atoms with Crippen LogP contribution in [0.5, 0.6) is 0 Å². The fourth-order valence-electron chi connectivity index (χ4n) is 4.79. The molecule has 0 aromatic heterocycles. The molecule has 6 nitrogen and oxygen atoms in total. The first kappa shape index (κ1) is 15.5. The summed E-state index contributed by atoms with van der Waals surface area (Å²) in [5.74, 6) is 2.38. The average Bonchev–Trinajstić information content (AvgIpc) is 2.44. The molecular weight excluding hydrogens is 387 g/mol. The van der Waals surface area contributed by atoms with E-state index in [0.29, 0.717) is 11.8 Å². The summed E-state index contributed by atoms with van der Waals surface area (Å²) in [5, 5.41) is 2.67. The van der Waals surface area contributed by atoms with Crippen LogP contribution >= 0.6 is 22.9 Å². The summed E-state index contributed by atoms with van der Waals surface area (Å²) in [6, 6.07) is 0. The third-order valence-electron chi connectivity index (χ3n) is 5.60. The van der Waals surface area contributed by atoms with Crippen LogP contribution in [-0.2, 0) is 14.3 Å². The van der Waals surface area contributed by atoms with Crippen molar-refractivity contribution in [2.75, 3.05) is 13.3 Å². The van der Waals surface area contributed by atoms with Gasteiger partial charge in [0.2, 0.25) is 0 Å². The Morgan fingerprint density at radius 2 is 1.81 bits per heavy atom. The van der Waals surface area contributed by atoms with E-state index in [-0.39, 0.29) is 24.9 Å². The van der Waals surface area contributed by atoms with E-state index in [1.54, 1.807) is 22.9 Å². The van der Waals surface area contributed by atoms with Crippen LogP contribution < -0.4 is 0 Å². The summed E-state index contributed by atoms with van der Waals surface area (Å²) < 4.78 is 12.0. The number of rotatable bonds is 6. The molecule has 4 saturated carbocycles. The second-order valence-corrected chi connectivity index (χ2v) is 7.97. The van der Waals surface area contributed by atoms with E-state index in [9.17, 15) is 9.70 Å². The molecule has 0 aromatic rings. The third kappa shape index (κ3) is 3.04. The molecule has 4 fully saturated rings. The maximum atomic E-state index is 12.0. The average molecular weight is 408 g/mol. The number of nitrogens with zero attached hydrogens (tertiary/aromatic N) is 2. The first-order valence-corrected chi connectivity index (χ1v) is 8.54. The van der Waals surface area contributed by atoms with Crippen molar-refractivity contribution in [1.82, 2.24) is 3.22 Å². The van der Waals surface area contributed by atoms with Crippen molar-refractivity contribution < 1.29 is 14.3 Å². The van der Waals surface area contributed by atoms with Crippen molar-refractivity contribution in [3.05, 3.63) is 4.91 Å². The Morgan fingerprint density at radius 3 is 2.33 bits per heavy atom. The SMILES string of the molecule is CC1(OC(=O)COCN(I)N=O)C2CC3CC(C2)CC1C3. The van der Waals surface area contributed by atoms with Crippen LogP contribution in [0, 0.1) is 28.6 Å². The molecule has 0 aliphatic heterocycles. The highest BCUT2D eigenvalue weighted by Gasteiger charge is 2.56. The number of nitroso groups, excluding NO2 is 1. The van der Waals surface area contributed by atoms with E-state index in [1.807, 2.05) is 0 Å². The normalized spacial score (nSPS) is 40.1. The van der Waals surface area contributed by atoms with Crippen LogP contribution in [0.15, 0.2) is 5.29 Å². The van der Waals surface area contributed by atoms with Gasteiger partial charge >= 0.3 is 5.97 Å². The van der Waals surface area contributed by atoms with Gasteiger partial charge in [0.1, 0.15) is 18.9 Å². The molecule has 0 atom stereocenters. The molecule has 4 aliphatic carbocycles.